The highest BCUT2D eigenvalue weighted by molar-refractivity contribution is 6.27. The molecule has 19 heteroatoms. The van der Waals surface area contributed by atoms with Crippen LogP contribution >= 0.6 is 34.8 Å². The van der Waals surface area contributed by atoms with E-state index in [2.05, 4.69) is 15.3 Å². The number of fused-ring (bicyclic) bond motifs is 1. The van der Waals surface area contributed by atoms with Gasteiger partial charge in [-0.25, -0.2) is 9.59 Å². The number of alkyl carbamates (subject to hydrolysis) is 1. The number of carbonyl (C=O) groups excluding carboxylic acids is 5. The summed E-state index contributed by atoms with van der Waals surface area (Å²) in [6, 6.07) is -1.09. The molecular formula is C20H25Cl3N4O12. The van der Waals surface area contributed by atoms with Crippen molar-refractivity contribution in [1.29, 1.82) is 0 Å². The molecule has 0 unspecified atom stereocenters. The molecule has 2 heterocycles. The maximum absolute atomic E-state index is 12.9. The number of methoxy groups -OCH3 is 1. The molecule has 39 heavy (non-hydrogen) atoms. The van der Waals surface area contributed by atoms with E-state index in [1.807, 2.05) is 0 Å². The van der Waals surface area contributed by atoms with Gasteiger partial charge in [0.2, 0.25) is 0 Å². The molecule has 2 fully saturated rings. The molecule has 2 aliphatic rings. The molecule has 2 aliphatic heterocycles. The summed E-state index contributed by atoms with van der Waals surface area (Å²) in [6.07, 6.45) is -6.97. The SMILES string of the molecule is COC(=O)[C@@]1(OCCCN=[N+]=[N-])C[C@@H]2OC(=O)N[C@H]2[C@H]([C@H](OC(=O)CCl)[C@@H](COC(=O)CCl)OC(=O)CCl)O1. The number of hydrogen-bond acceptors (Lipinski definition) is 13. The quantitative estimate of drug-likeness (QED) is 0.0516. The van der Waals surface area contributed by atoms with Gasteiger partial charge in [0.05, 0.1) is 26.2 Å². The second-order valence-electron chi connectivity index (χ2n) is 7.87. The molecule has 0 spiro atoms. The Morgan fingerprint density at radius 3 is 2.44 bits per heavy atom. The molecular weight excluding hydrogens is 595 g/mol. The Morgan fingerprint density at radius 1 is 1.15 bits per heavy atom. The molecule has 0 saturated carbocycles. The maximum atomic E-state index is 12.9. The number of amides is 1. The van der Waals surface area contributed by atoms with Gasteiger partial charge in [-0.2, -0.15) is 0 Å². The van der Waals surface area contributed by atoms with Crippen molar-refractivity contribution >= 4 is 64.8 Å². The Bertz CT molecular complexity index is 968. The predicted octanol–water partition coefficient (Wildman–Crippen LogP) is 0.922. The first kappa shape index (κ1) is 32.5. The molecule has 16 nitrogen and oxygen atoms in total. The monoisotopic (exact) mass is 618 g/mol. The van der Waals surface area contributed by atoms with Gasteiger partial charge in [-0.05, 0) is 12.0 Å². The maximum Gasteiger partial charge on any atom is 0.407 e. The van der Waals surface area contributed by atoms with Gasteiger partial charge < -0.3 is 38.5 Å². The van der Waals surface area contributed by atoms with Crippen LogP contribution in [0, 0.1) is 0 Å². The van der Waals surface area contributed by atoms with E-state index in [-0.39, 0.29) is 26.0 Å². The molecule has 0 aromatic heterocycles. The van der Waals surface area contributed by atoms with E-state index in [0.29, 0.717) is 0 Å². The smallest absolute Gasteiger partial charge is 0.407 e. The van der Waals surface area contributed by atoms with Crippen molar-refractivity contribution in [2.75, 3.05) is 44.5 Å². The molecule has 2 saturated heterocycles. The van der Waals surface area contributed by atoms with Crippen LogP contribution in [0.25, 0.3) is 10.4 Å². The lowest BCUT2D eigenvalue weighted by molar-refractivity contribution is -0.308. The van der Waals surface area contributed by atoms with Crippen molar-refractivity contribution in [3.8, 4) is 0 Å². The zero-order chi connectivity index (χ0) is 29.0. The number of alkyl halides is 3. The van der Waals surface area contributed by atoms with E-state index < -0.39 is 90.5 Å². The molecule has 0 aliphatic carbocycles. The lowest BCUT2D eigenvalue weighted by Gasteiger charge is -2.45. The number of azide groups is 1. The third-order valence-corrected chi connectivity index (χ3v) is 6.02. The van der Waals surface area contributed by atoms with Crippen LogP contribution in [0.5, 0.6) is 0 Å². The summed E-state index contributed by atoms with van der Waals surface area (Å²) in [6.45, 7) is -0.847. The summed E-state index contributed by atoms with van der Waals surface area (Å²) < 4.78 is 37.6. The summed E-state index contributed by atoms with van der Waals surface area (Å²) in [5.74, 6) is -8.02. The first-order valence-corrected chi connectivity index (χ1v) is 12.9. The van der Waals surface area contributed by atoms with Crippen molar-refractivity contribution in [3.63, 3.8) is 0 Å². The molecule has 0 radical (unpaired) electrons. The minimum absolute atomic E-state index is 0.0259. The molecule has 1 amide bonds. The van der Waals surface area contributed by atoms with Crippen LogP contribution in [0.2, 0.25) is 0 Å². The van der Waals surface area contributed by atoms with Gasteiger partial charge in [0, 0.05) is 11.5 Å². The Kier molecular flexibility index (Phi) is 13.1. The molecule has 218 valence electrons. The largest absolute Gasteiger partial charge is 0.465 e. The summed E-state index contributed by atoms with van der Waals surface area (Å²) >= 11 is 16.7. The fourth-order valence-electron chi connectivity index (χ4n) is 3.82. The van der Waals surface area contributed by atoms with Crippen molar-refractivity contribution in [2.24, 2.45) is 5.11 Å². The average molecular weight is 620 g/mol. The normalized spacial score (nSPS) is 25.0. The topological polar surface area (TPSA) is 211 Å². The minimum atomic E-state index is -2.22. The van der Waals surface area contributed by atoms with Gasteiger partial charge in [-0.3, -0.25) is 14.4 Å². The van der Waals surface area contributed by atoms with E-state index in [4.69, 9.17) is 73.5 Å². The summed E-state index contributed by atoms with van der Waals surface area (Å²) in [4.78, 5) is 63.9. The highest BCUT2D eigenvalue weighted by Gasteiger charge is 2.61. The van der Waals surface area contributed by atoms with Gasteiger partial charge in [0.25, 0.3) is 5.79 Å². The molecule has 1 N–H and O–H groups in total. The van der Waals surface area contributed by atoms with E-state index >= 15 is 0 Å². The third kappa shape index (κ3) is 8.88. The number of rotatable bonds is 15. The van der Waals surface area contributed by atoms with Crippen LogP contribution in [0.4, 0.5) is 4.79 Å². The zero-order valence-electron chi connectivity index (χ0n) is 20.4. The molecule has 0 aromatic rings. The van der Waals surface area contributed by atoms with Crippen molar-refractivity contribution in [1.82, 2.24) is 5.32 Å². The minimum Gasteiger partial charge on any atom is -0.465 e. The second kappa shape index (κ2) is 15.7. The molecule has 2 rings (SSSR count). The molecule has 6 atom stereocenters. The van der Waals surface area contributed by atoms with Crippen LogP contribution < -0.4 is 5.32 Å². The number of nitrogens with one attached hydrogen (secondary N) is 1. The van der Waals surface area contributed by atoms with Gasteiger partial charge >= 0.3 is 30.0 Å². The van der Waals surface area contributed by atoms with E-state index in [0.717, 1.165) is 7.11 Å². The Morgan fingerprint density at radius 2 is 1.82 bits per heavy atom. The number of ether oxygens (including phenoxy) is 7. The van der Waals surface area contributed by atoms with Gasteiger partial charge in [-0.15, -0.1) is 34.8 Å². The molecule has 0 aromatic carbocycles. The number of halogens is 3. The predicted molar refractivity (Wildman–Crippen MR) is 129 cm³/mol. The van der Waals surface area contributed by atoms with Gasteiger partial charge in [-0.1, -0.05) is 5.11 Å². The van der Waals surface area contributed by atoms with Crippen LogP contribution in [0.3, 0.4) is 0 Å². The molecule has 0 bridgehead atoms. The number of hydrogen-bond donors (Lipinski definition) is 1. The standard InChI is InChI=1S/C20H25Cl3N4O12/c1-33-18(31)20(35-4-2-3-25-27-24)5-10-15(26-19(32)37-10)17(39-20)16(38-14(30)8-23)11(36-13(29)7-22)9-34-12(28)6-21/h10-11,15-17H,2-9H2,1H3,(H,26,32)/t10-,11+,15+,16+,17+,20+/m0/s1. The van der Waals surface area contributed by atoms with Crippen molar-refractivity contribution in [3.05, 3.63) is 10.4 Å². The summed E-state index contributed by atoms with van der Waals surface area (Å²) in [5.41, 5.74) is 8.46. The number of nitrogens with zero attached hydrogens (tertiary/aromatic N) is 3. The number of esters is 4. The Labute approximate surface area is 236 Å². The fourth-order valence-corrected chi connectivity index (χ4v) is 4.02. The van der Waals surface area contributed by atoms with E-state index in [1.54, 1.807) is 0 Å². The van der Waals surface area contributed by atoms with Gasteiger partial charge in [0.1, 0.15) is 36.5 Å². The second-order valence-corrected chi connectivity index (χ2v) is 8.67. The Hall–Kier alpha value is -2.75. The third-order valence-electron chi connectivity index (χ3n) is 5.37. The van der Waals surface area contributed by atoms with Crippen molar-refractivity contribution in [2.45, 2.75) is 49.1 Å². The lowest BCUT2D eigenvalue weighted by atomic mass is 9.89. The van der Waals surface area contributed by atoms with Crippen LogP contribution in [0.15, 0.2) is 5.11 Å². The highest BCUT2D eigenvalue weighted by Crippen LogP contribution is 2.38. The van der Waals surface area contributed by atoms with E-state index in [1.165, 1.54) is 0 Å². The van der Waals surface area contributed by atoms with E-state index in [9.17, 15) is 24.0 Å². The first-order valence-electron chi connectivity index (χ1n) is 11.2. The van der Waals surface area contributed by atoms with Crippen molar-refractivity contribution < 1.29 is 57.1 Å². The fraction of sp³-hybridized carbons (Fsp3) is 0.750. The highest BCUT2D eigenvalue weighted by atomic mass is 35.5. The van der Waals surface area contributed by atoms with Crippen LogP contribution in [0.1, 0.15) is 12.8 Å². The Balaban J connectivity index is 2.53. The zero-order valence-corrected chi connectivity index (χ0v) is 22.7. The average Bonchev–Trinajstić information content (AvgIpc) is 3.32. The number of carbonyl (C=O) groups is 5. The van der Waals surface area contributed by atoms with Crippen LogP contribution in [-0.4, -0.2) is 111 Å². The lowest BCUT2D eigenvalue weighted by Crippen LogP contribution is -2.66. The van der Waals surface area contributed by atoms with Crippen LogP contribution in [-0.2, 0) is 52.3 Å². The summed E-state index contributed by atoms with van der Waals surface area (Å²) in [7, 11) is 1.05. The first-order chi connectivity index (χ1) is 18.6. The van der Waals surface area contributed by atoms with Gasteiger partial charge in [0.15, 0.2) is 12.2 Å². The summed E-state index contributed by atoms with van der Waals surface area (Å²) in [5, 5.41) is 5.86.